The zero-order chi connectivity index (χ0) is 45.4. The van der Waals surface area contributed by atoms with E-state index in [9.17, 15) is 50.0 Å². The van der Waals surface area contributed by atoms with E-state index in [2.05, 4.69) is 67.5 Å². The summed E-state index contributed by atoms with van der Waals surface area (Å²) in [6, 6.07) is 7.93. The third kappa shape index (κ3) is 7.44. The molecule has 28 nitrogen and oxygen atoms in total. The molecule has 0 amide bonds. The second-order valence-corrected chi connectivity index (χ2v) is 12.6. The van der Waals surface area contributed by atoms with Crippen LogP contribution in [0, 0.1) is 25.2 Å². The molecule has 0 saturated heterocycles. The number of carbonyl (C=O) groups is 4. The lowest BCUT2D eigenvalue weighted by molar-refractivity contribution is 0.0651. The molecular formula is C35H25N19O9. The molecule has 7 rings (SSSR count). The van der Waals surface area contributed by atoms with E-state index in [1.165, 1.54) is 32.2 Å². The van der Waals surface area contributed by atoms with Gasteiger partial charge in [-0.15, -0.1) is 20.5 Å². The van der Waals surface area contributed by atoms with E-state index in [1.807, 2.05) is 6.07 Å². The van der Waals surface area contributed by atoms with Gasteiger partial charge in [0, 0.05) is 0 Å². The number of aromatic carboxylic acids is 4. The van der Waals surface area contributed by atoms with Crippen molar-refractivity contribution in [3.63, 3.8) is 0 Å². The predicted molar refractivity (Wildman–Crippen MR) is 211 cm³/mol. The van der Waals surface area contributed by atoms with E-state index >= 15 is 0 Å². The molecule has 0 bridgehead atoms. The molecule has 0 aliphatic rings. The Hall–Kier alpha value is -10.1. The first-order chi connectivity index (χ1) is 30.0. The smallest absolute Gasteiger partial charge is 0.336 e. The molecular weight excluding hydrogens is 831 g/mol. The van der Waals surface area contributed by atoms with Crippen molar-refractivity contribution in [1.82, 2.24) is 54.1 Å². The molecule has 0 unspecified atom stereocenters. The Morgan fingerprint density at radius 3 is 1.54 bits per heavy atom. The third-order valence-corrected chi connectivity index (χ3v) is 8.77. The first kappa shape index (κ1) is 41.1. The van der Waals surface area contributed by atoms with Crippen LogP contribution in [-0.4, -0.2) is 110 Å². The molecule has 2 aromatic carbocycles. The lowest BCUT2D eigenvalue weighted by Gasteiger charge is -2.08. The summed E-state index contributed by atoms with van der Waals surface area (Å²) in [6.45, 7) is 6.50. The van der Waals surface area contributed by atoms with Gasteiger partial charge in [-0.1, -0.05) is 0 Å². The summed E-state index contributed by atoms with van der Waals surface area (Å²) >= 11 is 0. The molecule has 0 spiro atoms. The van der Waals surface area contributed by atoms with Gasteiger partial charge in [-0.3, -0.25) is 4.99 Å². The lowest BCUT2D eigenvalue weighted by Crippen LogP contribution is -2.13. The highest BCUT2D eigenvalue weighted by molar-refractivity contribution is 6.03. The van der Waals surface area contributed by atoms with Gasteiger partial charge in [0.15, 0.2) is 28.8 Å². The predicted octanol–water partition coefficient (Wildman–Crippen LogP) is 3.93. The standard InChI is InChI=1S/C35H25N19O9/c1-13-23(45-47-27-15(10-36)11-40-51(27)16-4-6-18(29(55)56)20(8-16)31(59)60)25(37)53(49-13)33-42-34(44-35(63)43-33)54-26(38)24(14(2)50-54)46-48-28-22(39-3)12-41-52(28)17-5-7-19(30(57)58)21(9-17)32(61)62/h4-9,11-12H,3,37-38H2,1-2H3,(H,55,56)(H,57,58)(H,59,60)(H,61,62)(H,42,43,44,63). The average Bonchev–Trinajstić information content (AvgIpc) is 4.00. The van der Waals surface area contributed by atoms with Crippen LogP contribution in [0.25, 0.3) is 23.3 Å². The van der Waals surface area contributed by atoms with Gasteiger partial charge in [0.2, 0.25) is 5.82 Å². The lowest BCUT2D eigenvalue weighted by atomic mass is 10.1. The van der Waals surface area contributed by atoms with Crippen LogP contribution in [0.1, 0.15) is 58.4 Å². The molecule has 0 atom stereocenters. The fourth-order valence-electron chi connectivity index (χ4n) is 5.84. The summed E-state index contributed by atoms with van der Waals surface area (Å²) < 4.78 is 4.20. The number of nitrogens with zero attached hydrogens (tertiary/aromatic N) is 17. The fraction of sp³-hybridized carbons (Fsp3) is 0.0571. The Morgan fingerprint density at radius 1 is 0.651 bits per heavy atom. The van der Waals surface area contributed by atoms with Crippen molar-refractivity contribution in [1.29, 1.82) is 5.26 Å². The number of hydrogen-bond donors (Lipinski definition) is 7. The van der Waals surface area contributed by atoms with Crippen LogP contribution < -0.4 is 11.5 Å². The van der Waals surface area contributed by atoms with Crippen LogP contribution in [0.4, 0.5) is 40.3 Å². The number of nitriles is 1. The highest BCUT2D eigenvalue weighted by atomic mass is 16.4. The minimum atomic E-state index is -1.52. The maximum atomic E-state index is 11.8. The number of hydrogen-bond acceptors (Lipinski definition) is 20. The second-order valence-electron chi connectivity index (χ2n) is 12.6. The van der Waals surface area contributed by atoms with Crippen LogP contribution in [0.15, 0.2) is 74.2 Å². The van der Waals surface area contributed by atoms with Crippen molar-refractivity contribution < 1.29 is 44.7 Å². The van der Waals surface area contributed by atoms with Crippen molar-refractivity contribution in [2.75, 3.05) is 11.5 Å². The molecule has 28 heteroatoms. The second kappa shape index (κ2) is 15.9. The van der Waals surface area contributed by atoms with Crippen LogP contribution in [-0.2, 0) is 0 Å². The summed E-state index contributed by atoms with van der Waals surface area (Å²) in [7, 11) is 0. The largest absolute Gasteiger partial charge is 0.479 e. The maximum Gasteiger partial charge on any atom is 0.336 e. The van der Waals surface area contributed by atoms with E-state index in [1.54, 1.807) is 0 Å². The first-order valence-corrected chi connectivity index (χ1v) is 17.3. The van der Waals surface area contributed by atoms with Gasteiger partial charge in [-0.05, 0) is 57.0 Å². The number of carboxylic acid groups (broad SMARTS) is 4. The number of nitrogen functional groups attached to an aromatic ring is 2. The number of carboxylic acids is 4. The fourth-order valence-corrected chi connectivity index (χ4v) is 5.84. The van der Waals surface area contributed by atoms with E-state index in [4.69, 9.17) is 11.5 Å². The Bertz CT molecular complexity index is 3200. The number of azo groups is 2. The van der Waals surface area contributed by atoms with Crippen molar-refractivity contribution >= 4 is 70.9 Å². The number of rotatable bonds is 13. The summed E-state index contributed by atoms with van der Waals surface area (Å²) in [4.78, 5) is 62.8. The highest BCUT2D eigenvalue weighted by Crippen LogP contribution is 2.36. The number of aliphatic imine (C=N–C) groups is 1. The van der Waals surface area contributed by atoms with Gasteiger partial charge in [0.25, 0.3) is 11.9 Å². The monoisotopic (exact) mass is 855 g/mol. The van der Waals surface area contributed by atoms with E-state index in [0.29, 0.717) is 0 Å². The molecule has 63 heavy (non-hydrogen) atoms. The minimum absolute atomic E-state index is 0.0169. The van der Waals surface area contributed by atoms with Gasteiger partial charge in [0.05, 0.1) is 57.4 Å². The number of aryl methyl sites for hydroxylation is 2. The van der Waals surface area contributed by atoms with Gasteiger partial charge in [-0.25, -0.2) is 28.5 Å². The molecule has 5 aromatic heterocycles. The summed E-state index contributed by atoms with van der Waals surface area (Å²) in [5.41, 5.74) is 11.3. The molecule has 0 aliphatic carbocycles. The summed E-state index contributed by atoms with van der Waals surface area (Å²) in [5.74, 6) is -7.26. The number of anilines is 2. The normalized spacial score (nSPS) is 11.3. The molecule has 7 aromatic rings. The quantitative estimate of drug-likeness (QED) is 0.0638. The van der Waals surface area contributed by atoms with Gasteiger partial charge >= 0.3 is 29.9 Å². The molecule has 0 radical (unpaired) electrons. The molecule has 5 heterocycles. The number of aromatic nitrogens is 11. The summed E-state index contributed by atoms with van der Waals surface area (Å²) in [6.07, 6.45) is 2.40. The molecule has 0 fully saturated rings. The SMILES string of the molecule is C=Nc1cnn(-c2ccc(C(=O)O)c(C(=O)O)c2)c1N=Nc1c(C)nn(-c2nc(O)nc(-n3nc(C)c(N=Nc4c(C#N)cnn4-c4ccc(C(=O)O)c(C(=O)O)c4)c3N)n2)c1N. The zero-order valence-electron chi connectivity index (χ0n) is 32.0. The average molecular weight is 856 g/mol. The van der Waals surface area contributed by atoms with Crippen molar-refractivity contribution in [3.05, 3.63) is 88.0 Å². The Labute approximate surface area is 348 Å². The maximum absolute atomic E-state index is 11.8. The van der Waals surface area contributed by atoms with Crippen LogP contribution in [0.5, 0.6) is 6.01 Å². The molecule has 0 saturated carbocycles. The van der Waals surface area contributed by atoms with Gasteiger partial charge < -0.3 is 37.0 Å². The number of nitrogens with two attached hydrogens (primary N) is 2. The number of benzene rings is 2. The van der Waals surface area contributed by atoms with Crippen LogP contribution in [0.3, 0.4) is 0 Å². The Morgan fingerprint density at radius 2 is 1.10 bits per heavy atom. The van der Waals surface area contributed by atoms with Crippen molar-refractivity contribution in [3.8, 4) is 35.4 Å². The molecule has 314 valence electrons. The highest BCUT2D eigenvalue weighted by Gasteiger charge is 2.24. The van der Waals surface area contributed by atoms with Crippen molar-refractivity contribution in [2.45, 2.75) is 13.8 Å². The molecule has 0 aliphatic heterocycles. The Kier molecular flexibility index (Phi) is 10.4. The van der Waals surface area contributed by atoms with Gasteiger partial charge in [-0.2, -0.15) is 50.0 Å². The minimum Gasteiger partial charge on any atom is -0.479 e. The summed E-state index contributed by atoms with van der Waals surface area (Å²) in [5, 5.41) is 92.0. The van der Waals surface area contributed by atoms with Gasteiger partial charge in [0.1, 0.15) is 17.3 Å². The van der Waals surface area contributed by atoms with E-state index in [-0.39, 0.29) is 80.6 Å². The topological polar surface area (TPSA) is 417 Å². The third-order valence-electron chi connectivity index (χ3n) is 8.77. The van der Waals surface area contributed by atoms with Crippen LogP contribution in [0.2, 0.25) is 0 Å². The number of aromatic hydroxyl groups is 1. The first-order valence-electron chi connectivity index (χ1n) is 17.3. The van der Waals surface area contributed by atoms with Crippen molar-refractivity contribution in [2.24, 2.45) is 25.4 Å². The molecule has 9 N–H and O–H groups in total. The van der Waals surface area contributed by atoms with E-state index in [0.717, 1.165) is 49.2 Å². The van der Waals surface area contributed by atoms with Crippen LogP contribution >= 0.6 is 0 Å². The van der Waals surface area contributed by atoms with E-state index < -0.39 is 52.1 Å². The Balaban J connectivity index is 1.22. The zero-order valence-corrected chi connectivity index (χ0v) is 32.0.